The van der Waals surface area contributed by atoms with E-state index >= 15 is 0 Å². The Bertz CT molecular complexity index is 1120. The van der Waals surface area contributed by atoms with E-state index in [-0.39, 0.29) is 0 Å². The molecule has 5 nitrogen and oxygen atoms in total. The minimum absolute atomic E-state index is 0.585. The van der Waals surface area contributed by atoms with Crippen LogP contribution in [0.5, 0.6) is 0 Å². The van der Waals surface area contributed by atoms with Crippen molar-refractivity contribution in [2.75, 3.05) is 13.2 Å². The number of pyridine rings is 1. The standard InChI is InChI=1S/C22H24N4O/c1-14-3-5-20-22(23-14)26(15(2)24-20)13-16-4-6-19-18(11-16)12-21(25-19)17-7-9-27-10-8-17/h3-6,11-12,17,25H,7-10,13H2,1-2H3. The maximum absolute atomic E-state index is 5.50. The van der Waals surface area contributed by atoms with Gasteiger partial charge >= 0.3 is 0 Å². The van der Waals surface area contributed by atoms with Crippen molar-refractivity contribution >= 4 is 22.1 Å². The number of aryl methyl sites for hydroxylation is 2. The number of nitrogens with zero attached hydrogens (tertiary/aromatic N) is 3. The lowest BCUT2D eigenvalue weighted by atomic mass is 9.96. The largest absolute Gasteiger partial charge is 0.381 e. The predicted molar refractivity (Wildman–Crippen MR) is 107 cm³/mol. The SMILES string of the molecule is Cc1ccc2nc(C)n(Cc3ccc4[nH]c(C5CCOCC5)cc4c3)c2n1. The van der Waals surface area contributed by atoms with Crippen LogP contribution in [0.4, 0.5) is 0 Å². The van der Waals surface area contributed by atoms with Gasteiger partial charge in [0.15, 0.2) is 5.65 Å². The van der Waals surface area contributed by atoms with Crippen molar-refractivity contribution < 1.29 is 4.74 Å². The number of hydrogen-bond donors (Lipinski definition) is 1. The lowest BCUT2D eigenvalue weighted by molar-refractivity contribution is 0.0846. The molecule has 1 aliphatic rings. The molecule has 1 aromatic carbocycles. The van der Waals surface area contributed by atoms with Gasteiger partial charge in [0, 0.05) is 36.0 Å². The first-order valence-corrected chi connectivity index (χ1v) is 9.67. The van der Waals surface area contributed by atoms with Crippen LogP contribution in [-0.4, -0.2) is 32.7 Å². The first-order valence-electron chi connectivity index (χ1n) is 9.67. The molecule has 1 aliphatic heterocycles. The highest BCUT2D eigenvalue weighted by atomic mass is 16.5. The molecule has 3 aromatic heterocycles. The van der Waals surface area contributed by atoms with Crippen LogP contribution < -0.4 is 0 Å². The number of fused-ring (bicyclic) bond motifs is 2. The summed E-state index contributed by atoms with van der Waals surface area (Å²) in [7, 11) is 0. The Morgan fingerprint density at radius 1 is 1.07 bits per heavy atom. The van der Waals surface area contributed by atoms with Crippen LogP contribution in [0.25, 0.3) is 22.1 Å². The quantitative estimate of drug-likeness (QED) is 0.586. The van der Waals surface area contributed by atoms with E-state index in [2.05, 4.69) is 51.8 Å². The second kappa shape index (κ2) is 6.50. The zero-order valence-corrected chi connectivity index (χ0v) is 15.8. The topological polar surface area (TPSA) is 55.7 Å². The second-order valence-electron chi connectivity index (χ2n) is 7.57. The Labute approximate surface area is 158 Å². The number of aromatic nitrogens is 4. The minimum Gasteiger partial charge on any atom is -0.381 e. The molecule has 1 N–H and O–H groups in total. The van der Waals surface area contributed by atoms with Crippen molar-refractivity contribution in [2.24, 2.45) is 0 Å². The van der Waals surface area contributed by atoms with Crippen LogP contribution in [0.15, 0.2) is 36.4 Å². The molecule has 5 rings (SSSR count). The van der Waals surface area contributed by atoms with Crippen molar-refractivity contribution in [3.63, 3.8) is 0 Å². The number of aromatic amines is 1. The highest BCUT2D eigenvalue weighted by Gasteiger charge is 2.18. The summed E-state index contributed by atoms with van der Waals surface area (Å²) in [6, 6.07) is 13.1. The van der Waals surface area contributed by atoms with E-state index in [0.29, 0.717) is 5.92 Å². The van der Waals surface area contributed by atoms with Gasteiger partial charge in [-0.05, 0) is 68.0 Å². The fourth-order valence-electron chi connectivity index (χ4n) is 4.11. The van der Waals surface area contributed by atoms with Gasteiger partial charge in [0.25, 0.3) is 0 Å². The average Bonchev–Trinajstić information content (AvgIpc) is 3.24. The predicted octanol–water partition coefficient (Wildman–Crippen LogP) is 4.47. The second-order valence-corrected chi connectivity index (χ2v) is 7.57. The fourth-order valence-corrected chi connectivity index (χ4v) is 4.11. The number of H-pyrrole nitrogens is 1. The van der Waals surface area contributed by atoms with Gasteiger partial charge in [0.1, 0.15) is 11.3 Å². The molecular weight excluding hydrogens is 336 g/mol. The molecule has 0 saturated carbocycles. The molecule has 0 radical (unpaired) electrons. The normalized spacial score (nSPS) is 15.8. The van der Waals surface area contributed by atoms with Crippen LogP contribution in [-0.2, 0) is 11.3 Å². The van der Waals surface area contributed by atoms with Gasteiger partial charge in [-0.2, -0.15) is 0 Å². The number of hydrogen-bond acceptors (Lipinski definition) is 3. The van der Waals surface area contributed by atoms with E-state index in [1.807, 2.05) is 13.0 Å². The maximum atomic E-state index is 5.50. The van der Waals surface area contributed by atoms with E-state index in [0.717, 1.165) is 55.3 Å². The smallest absolute Gasteiger partial charge is 0.160 e. The lowest BCUT2D eigenvalue weighted by Crippen LogP contribution is -2.14. The van der Waals surface area contributed by atoms with Crippen molar-refractivity contribution in [3.05, 3.63) is 59.2 Å². The van der Waals surface area contributed by atoms with Crippen LogP contribution in [0.2, 0.25) is 0 Å². The Morgan fingerprint density at radius 2 is 1.93 bits per heavy atom. The molecule has 0 bridgehead atoms. The van der Waals surface area contributed by atoms with Crippen LogP contribution in [0.3, 0.4) is 0 Å². The van der Waals surface area contributed by atoms with E-state index in [9.17, 15) is 0 Å². The summed E-state index contributed by atoms with van der Waals surface area (Å²) in [6.45, 7) is 6.59. The maximum Gasteiger partial charge on any atom is 0.160 e. The molecule has 0 aliphatic carbocycles. The third-order valence-corrected chi connectivity index (χ3v) is 5.63. The molecule has 4 heterocycles. The molecule has 0 unspecified atom stereocenters. The van der Waals surface area contributed by atoms with Gasteiger partial charge in [-0.25, -0.2) is 9.97 Å². The van der Waals surface area contributed by atoms with Crippen molar-refractivity contribution in [2.45, 2.75) is 39.2 Å². The Morgan fingerprint density at radius 3 is 2.78 bits per heavy atom. The summed E-state index contributed by atoms with van der Waals surface area (Å²) in [4.78, 5) is 13.0. The van der Waals surface area contributed by atoms with Crippen molar-refractivity contribution in [3.8, 4) is 0 Å². The Kier molecular flexibility index (Phi) is 3.97. The molecule has 4 aromatic rings. The summed E-state index contributed by atoms with van der Waals surface area (Å²) >= 11 is 0. The fraction of sp³-hybridized carbons (Fsp3) is 0.364. The zero-order chi connectivity index (χ0) is 18.4. The minimum atomic E-state index is 0.585. The van der Waals surface area contributed by atoms with E-state index < -0.39 is 0 Å². The summed E-state index contributed by atoms with van der Waals surface area (Å²) < 4.78 is 7.70. The number of ether oxygens (including phenoxy) is 1. The Hall–Kier alpha value is -2.66. The van der Waals surface area contributed by atoms with Gasteiger partial charge in [-0.15, -0.1) is 0 Å². The first-order chi connectivity index (χ1) is 13.2. The van der Waals surface area contributed by atoms with Crippen LogP contribution >= 0.6 is 0 Å². The van der Waals surface area contributed by atoms with E-state index in [1.165, 1.54) is 22.2 Å². The molecule has 1 saturated heterocycles. The zero-order valence-electron chi connectivity index (χ0n) is 15.8. The van der Waals surface area contributed by atoms with Crippen molar-refractivity contribution in [1.82, 2.24) is 19.5 Å². The van der Waals surface area contributed by atoms with Gasteiger partial charge in [-0.3, -0.25) is 0 Å². The number of imidazole rings is 1. The highest BCUT2D eigenvalue weighted by molar-refractivity contribution is 5.81. The third-order valence-electron chi connectivity index (χ3n) is 5.63. The first kappa shape index (κ1) is 16.5. The average molecular weight is 360 g/mol. The molecule has 138 valence electrons. The Balaban J connectivity index is 1.49. The van der Waals surface area contributed by atoms with E-state index in [4.69, 9.17) is 9.72 Å². The van der Waals surface area contributed by atoms with Gasteiger partial charge in [0.05, 0.1) is 6.54 Å². The van der Waals surface area contributed by atoms with Gasteiger partial charge in [-0.1, -0.05) is 6.07 Å². The highest BCUT2D eigenvalue weighted by Crippen LogP contribution is 2.29. The van der Waals surface area contributed by atoms with Crippen molar-refractivity contribution in [1.29, 1.82) is 0 Å². The van der Waals surface area contributed by atoms with Gasteiger partial charge < -0.3 is 14.3 Å². The summed E-state index contributed by atoms with van der Waals surface area (Å²) in [5, 5.41) is 1.28. The summed E-state index contributed by atoms with van der Waals surface area (Å²) in [5.41, 5.74) is 6.76. The third kappa shape index (κ3) is 3.02. The molecule has 27 heavy (non-hydrogen) atoms. The number of rotatable bonds is 3. The summed E-state index contributed by atoms with van der Waals surface area (Å²) in [6.07, 6.45) is 2.20. The van der Waals surface area contributed by atoms with Crippen LogP contribution in [0, 0.1) is 13.8 Å². The monoisotopic (exact) mass is 360 g/mol. The van der Waals surface area contributed by atoms with E-state index in [1.54, 1.807) is 0 Å². The van der Waals surface area contributed by atoms with Gasteiger partial charge in [0.2, 0.25) is 0 Å². The van der Waals surface area contributed by atoms with Crippen LogP contribution in [0.1, 0.15) is 41.5 Å². The number of nitrogens with one attached hydrogen (secondary N) is 1. The molecule has 0 amide bonds. The molecule has 5 heteroatoms. The molecule has 0 atom stereocenters. The lowest BCUT2D eigenvalue weighted by Gasteiger charge is -2.20. The number of benzene rings is 1. The molecule has 1 fully saturated rings. The molecular formula is C22H24N4O. The summed E-state index contributed by atoms with van der Waals surface area (Å²) in [5.74, 6) is 1.58. The molecule has 0 spiro atoms.